The van der Waals surface area contributed by atoms with Gasteiger partial charge in [0.25, 0.3) is 5.91 Å². The van der Waals surface area contributed by atoms with Crippen molar-refractivity contribution in [1.29, 1.82) is 0 Å². The number of rotatable bonds is 2. The second-order valence-corrected chi connectivity index (χ2v) is 5.05. The number of amides is 1. The van der Waals surface area contributed by atoms with Gasteiger partial charge in [-0.05, 0) is 24.6 Å². The molecule has 1 amide bonds. The summed E-state index contributed by atoms with van der Waals surface area (Å²) in [5, 5.41) is 6.18. The van der Waals surface area contributed by atoms with Crippen molar-refractivity contribution in [1.82, 2.24) is 10.2 Å². The van der Waals surface area contributed by atoms with Gasteiger partial charge in [-0.1, -0.05) is 6.07 Å². The number of anilines is 1. The highest BCUT2D eigenvalue weighted by Gasteiger charge is 2.21. The number of ether oxygens (including phenoxy) is 1. The summed E-state index contributed by atoms with van der Waals surface area (Å²) in [7, 11) is 0. The molecule has 1 aromatic carbocycles. The van der Waals surface area contributed by atoms with Crippen molar-refractivity contribution in [3.05, 3.63) is 23.8 Å². The first-order valence-electron chi connectivity index (χ1n) is 6.75. The Labute approximate surface area is 112 Å². The molecule has 1 fully saturated rings. The molecule has 0 saturated carbocycles. The van der Waals surface area contributed by atoms with Crippen LogP contribution in [0.15, 0.2) is 18.2 Å². The van der Waals surface area contributed by atoms with E-state index in [-0.39, 0.29) is 12.5 Å². The molecular weight excluding hydrogens is 242 g/mol. The third-order valence-electron chi connectivity index (χ3n) is 3.82. The molecule has 3 rings (SSSR count). The fraction of sp³-hybridized carbons (Fsp3) is 0.500. The summed E-state index contributed by atoms with van der Waals surface area (Å²) in [6.07, 6.45) is 0. The van der Waals surface area contributed by atoms with Crippen molar-refractivity contribution in [2.24, 2.45) is 0 Å². The van der Waals surface area contributed by atoms with E-state index in [1.807, 2.05) is 12.1 Å². The van der Waals surface area contributed by atoms with Gasteiger partial charge in [-0.25, -0.2) is 0 Å². The number of carbonyl (C=O) groups is 1. The topological polar surface area (TPSA) is 53.6 Å². The lowest BCUT2D eigenvalue weighted by Crippen LogP contribution is -2.44. The van der Waals surface area contributed by atoms with Crippen molar-refractivity contribution in [3.8, 4) is 5.75 Å². The molecule has 102 valence electrons. The van der Waals surface area contributed by atoms with E-state index in [2.05, 4.69) is 28.5 Å². The normalized spacial score (nSPS) is 21.2. The first kappa shape index (κ1) is 12.4. The lowest BCUT2D eigenvalue weighted by molar-refractivity contribution is -0.118. The molecule has 2 N–H and O–H groups in total. The number of piperazine rings is 1. The Balaban J connectivity index is 1.79. The second kappa shape index (κ2) is 5.19. The molecular formula is C14H19N3O2. The van der Waals surface area contributed by atoms with Gasteiger partial charge < -0.3 is 15.4 Å². The van der Waals surface area contributed by atoms with Crippen LogP contribution in [0.2, 0.25) is 0 Å². The molecule has 0 radical (unpaired) electrons. The second-order valence-electron chi connectivity index (χ2n) is 5.05. The third kappa shape index (κ3) is 2.57. The molecule has 1 aromatic rings. The van der Waals surface area contributed by atoms with Gasteiger partial charge in [0.15, 0.2) is 6.61 Å². The molecule has 0 aromatic heterocycles. The lowest BCUT2D eigenvalue weighted by atomic mass is 10.0. The number of nitrogens with one attached hydrogen (secondary N) is 2. The van der Waals surface area contributed by atoms with Crippen LogP contribution in [0, 0.1) is 0 Å². The summed E-state index contributed by atoms with van der Waals surface area (Å²) in [6.45, 7) is 6.54. The van der Waals surface area contributed by atoms with Gasteiger partial charge in [0.05, 0.1) is 5.69 Å². The number of hydrogen-bond donors (Lipinski definition) is 2. The standard InChI is InChI=1S/C14H19N3O2/c1-10(17-6-4-15-5-7-17)11-2-3-12-13(8-11)19-9-14(18)16-12/h2-3,8,10,15H,4-7,9H2,1H3,(H,16,18). The van der Waals surface area contributed by atoms with Crippen LogP contribution >= 0.6 is 0 Å². The van der Waals surface area contributed by atoms with Crippen LogP contribution in [0.3, 0.4) is 0 Å². The van der Waals surface area contributed by atoms with E-state index in [4.69, 9.17) is 4.74 Å². The minimum absolute atomic E-state index is 0.0876. The monoisotopic (exact) mass is 261 g/mol. The molecule has 1 saturated heterocycles. The van der Waals surface area contributed by atoms with Crippen molar-refractivity contribution < 1.29 is 9.53 Å². The summed E-state index contributed by atoms with van der Waals surface area (Å²) in [5.74, 6) is 0.689. The first-order valence-corrected chi connectivity index (χ1v) is 6.75. The minimum atomic E-state index is -0.0876. The number of benzene rings is 1. The number of hydrogen-bond acceptors (Lipinski definition) is 4. The average molecular weight is 261 g/mol. The molecule has 19 heavy (non-hydrogen) atoms. The van der Waals surface area contributed by atoms with Crippen molar-refractivity contribution in [3.63, 3.8) is 0 Å². The molecule has 5 heteroatoms. The minimum Gasteiger partial charge on any atom is -0.482 e. The van der Waals surface area contributed by atoms with E-state index in [0.717, 1.165) is 37.6 Å². The first-order chi connectivity index (χ1) is 9.24. The highest BCUT2D eigenvalue weighted by atomic mass is 16.5. The Kier molecular flexibility index (Phi) is 3.40. The van der Waals surface area contributed by atoms with Crippen LogP contribution in [0.25, 0.3) is 0 Å². The molecule has 5 nitrogen and oxygen atoms in total. The Bertz CT molecular complexity index is 484. The van der Waals surface area contributed by atoms with Gasteiger partial charge in [-0.2, -0.15) is 0 Å². The van der Waals surface area contributed by atoms with Crippen LogP contribution in [0.1, 0.15) is 18.5 Å². The molecule has 1 atom stereocenters. The molecule has 0 spiro atoms. The zero-order valence-electron chi connectivity index (χ0n) is 11.1. The Morgan fingerprint density at radius 2 is 2.11 bits per heavy atom. The van der Waals surface area contributed by atoms with E-state index < -0.39 is 0 Å². The lowest BCUT2D eigenvalue weighted by Gasteiger charge is -2.33. The smallest absolute Gasteiger partial charge is 0.262 e. The van der Waals surface area contributed by atoms with Crippen molar-refractivity contribution in [2.75, 3.05) is 38.1 Å². The van der Waals surface area contributed by atoms with Crippen molar-refractivity contribution in [2.45, 2.75) is 13.0 Å². The predicted molar refractivity (Wildman–Crippen MR) is 73.4 cm³/mol. The number of fused-ring (bicyclic) bond motifs is 1. The van der Waals surface area contributed by atoms with Gasteiger partial charge >= 0.3 is 0 Å². The van der Waals surface area contributed by atoms with E-state index in [1.54, 1.807) is 0 Å². The Hall–Kier alpha value is -1.59. The summed E-state index contributed by atoms with van der Waals surface area (Å²) in [6, 6.07) is 6.41. The number of carbonyl (C=O) groups excluding carboxylic acids is 1. The maximum Gasteiger partial charge on any atom is 0.262 e. The fourth-order valence-electron chi connectivity index (χ4n) is 2.63. The van der Waals surface area contributed by atoms with Crippen molar-refractivity contribution >= 4 is 11.6 Å². The highest BCUT2D eigenvalue weighted by Crippen LogP contribution is 2.32. The predicted octanol–water partition coefficient (Wildman–Crippen LogP) is 0.984. The number of nitrogens with zero attached hydrogens (tertiary/aromatic N) is 1. The van der Waals surface area contributed by atoms with Gasteiger partial charge in [0.1, 0.15) is 5.75 Å². The van der Waals surface area contributed by atoms with Crippen LogP contribution < -0.4 is 15.4 Å². The average Bonchev–Trinajstić information content (AvgIpc) is 2.47. The SMILES string of the molecule is CC(c1ccc2c(c1)OCC(=O)N2)N1CCNCC1. The highest BCUT2D eigenvalue weighted by molar-refractivity contribution is 5.95. The van der Waals surface area contributed by atoms with E-state index in [9.17, 15) is 4.79 Å². The van der Waals surface area contributed by atoms with Gasteiger partial charge in [-0.15, -0.1) is 0 Å². The molecule has 2 heterocycles. The van der Waals surface area contributed by atoms with Crippen LogP contribution in [-0.2, 0) is 4.79 Å². The van der Waals surface area contributed by atoms with Gasteiger partial charge in [0, 0.05) is 32.2 Å². The third-order valence-corrected chi connectivity index (χ3v) is 3.82. The summed E-state index contributed by atoms with van der Waals surface area (Å²) in [4.78, 5) is 13.7. The van der Waals surface area contributed by atoms with Crippen LogP contribution in [0.5, 0.6) is 5.75 Å². The maximum absolute atomic E-state index is 11.2. The summed E-state index contributed by atoms with van der Waals surface area (Å²) in [5.41, 5.74) is 2.00. The van der Waals surface area contributed by atoms with E-state index in [0.29, 0.717) is 6.04 Å². The molecule has 2 aliphatic rings. The van der Waals surface area contributed by atoms with E-state index >= 15 is 0 Å². The molecule has 2 aliphatic heterocycles. The van der Waals surface area contributed by atoms with Crippen LogP contribution in [0.4, 0.5) is 5.69 Å². The van der Waals surface area contributed by atoms with Crippen LogP contribution in [-0.4, -0.2) is 43.6 Å². The maximum atomic E-state index is 11.2. The zero-order valence-corrected chi connectivity index (χ0v) is 11.1. The largest absolute Gasteiger partial charge is 0.482 e. The zero-order chi connectivity index (χ0) is 13.2. The molecule has 1 unspecified atom stereocenters. The molecule has 0 aliphatic carbocycles. The summed E-state index contributed by atoms with van der Waals surface area (Å²) >= 11 is 0. The van der Waals surface area contributed by atoms with Gasteiger partial charge in [0.2, 0.25) is 0 Å². The Morgan fingerprint density at radius 1 is 1.32 bits per heavy atom. The van der Waals surface area contributed by atoms with Gasteiger partial charge in [-0.3, -0.25) is 9.69 Å². The Morgan fingerprint density at radius 3 is 2.89 bits per heavy atom. The van der Waals surface area contributed by atoms with E-state index in [1.165, 1.54) is 5.56 Å². The fourth-order valence-corrected chi connectivity index (χ4v) is 2.63. The molecule has 0 bridgehead atoms. The summed E-state index contributed by atoms with van der Waals surface area (Å²) < 4.78 is 5.47. The quantitative estimate of drug-likeness (QED) is 0.833.